The van der Waals surface area contributed by atoms with Crippen molar-refractivity contribution in [2.24, 2.45) is 5.92 Å². The second-order valence-corrected chi connectivity index (χ2v) is 3.69. The van der Waals surface area contributed by atoms with Crippen molar-refractivity contribution in [2.75, 3.05) is 0 Å². The molecular weight excluding hydrogens is 208 g/mol. The lowest BCUT2D eigenvalue weighted by molar-refractivity contribution is -0.114. The minimum absolute atomic E-state index is 0.427. The van der Waals surface area contributed by atoms with Crippen LogP contribution in [0.25, 0.3) is 0 Å². The molecule has 0 saturated carbocycles. The van der Waals surface area contributed by atoms with Crippen LogP contribution in [0.4, 0.5) is 0 Å². The summed E-state index contributed by atoms with van der Waals surface area (Å²) in [7, 11) is 0. The summed E-state index contributed by atoms with van der Waals surface area (Å²) >= 11 is 3.22. The van der Waals surface area contributed by atoms with Crippen LogP contribution in [0, 0.1) is 5.92 Å². The molecule has 0 aromatic heterocycles. The van der Waals surface area contributed by atoms with Crippen LogP contribution in [0.1, 0.15) is 6.92 Å². The molecule has 1 aliphatic rings. The molecule has 0 spiro atoms. The lowest BCUT2D eigenvalue weighted by Gasteiger charge is -2.26. The van der Waals surface area contributed by atoms with Gasteiger partial charge in [-0.25, -0.2) is 0 Å². The summed E-state index contributed by atoms with van der Waals surface area (Å²) in [6.07, 6.45) is 5.80. The number of carbonyl (C=O) groups is 1. The molecule has 0 aromatic carbocycles. The molecule has 0 aromatic rings. The highest BCUT2D eigenvalue weighted by molar-refractivity contribution is 9.11. The van der Waals surface area contributed by atoms with Gasteiger partial charge >= 0.3 is 0 Å². The van der Waals surface area contributed by atoms with Crippen LogP contribution in [0.5, 0.6) is 0 Å². The van der Waals surface area contributed by atoms with Crippen molar-refractivity contribution >= 4 is 22.2 Å². The van der Waals surface area contributed by atoms with Crippen molar-refractivity contribution < 1.29 is 9.90 Å². The molecule has 1 rings (SSSR count). The van der Waals surface area contributed by atoms with Gasteiger partial charge in [0.15, 0.2) is 0 Å². The van der Waals surface area contributed by atoms with Crippen molar-refractivity contribution in [3.63, 3.8) is 0 Å². The average Bonchev–Trinajstić information content (AvgIpc) is 1.85. The van der Waals surface area contributed by atoms with Crippen LogP contribution in [0.3, 0.4) is 0 Å². The zero-order chi connectivity index (χ0) is 8.48. The van der Waals surface area contributed by atoms with E-state index in [1.165, 1.54) is 0 Å². The maximum Gasteiger partial charge on any atom is 0.130 e. The maximum atomic E-state index is 10.4. The minimum atomic E-state index is -1.05. The van der Waals surface area contributed by atoms with E-state index in [4.69, 9.17) is 0 Å². The number of allylic oxidation sites excluding steroid dienone is 2. The normalized spacial score (nSPS) is 36.6. The zero-order valence-electron chi connectivity index (χ0n) is 6.12. The van der Waals surface area contributed by atoms with E-state index in [-0.39, 0.29) is 0 Å². The topological polar surface area (TPSA) is 37.3 Å². The molecule has 0 radical (unpaired) electrons. The van der Waals surface area contributed by atoms with Gasteiger partial charge in [-0.1, -0.05) is 28.1 Å². The van der Waals surface area contributed by atoms with Gasteiger partial charge in [-0.3, -0.25) is 0 Å². The molecular formula is C8H9BrO2. The number of hydrogen-bond acceptors (Lipinski definition) is 2. The monoisotopic (exact) mass is 216 g/mol. The molecule has 0 bridgehead atoms. The van der Waals surface area contributed by atoms with Crippen LogP contribution in [-0.4, -0.2) is 17.0 Å². The van der Waals surface area contributed by atoms with Gasteiger partial charge in [0, 0.05) is 4.48 Å². The third-order valence-electron chi connectivity index (χ3n) is 1.71. The van der Waals surface area contributed by atoms with Crippen molar-refractivity contribution in [3.8, 4) is 0 Å². The average molecular weight is 217 g/mol. The fourth-order valence-corrected chi connectivity index (χ4v) is 1.61. The van der Waals surface area contributed by atoms with E-state index in [0.717, 1.165) is 10.8 Å². The largest absolute Gasteiger partial charge is 0.385 e. The SMILES string of the molecule is CC1(O)C=C(Br)C=CC1C=O. The molecule has 11 heavy (non-hydrogen) atoms. The van der Waals surface area contributed by atoms with Crippen LogP contribution in [0.15, 0.2) is 22.7 Å². The zero-order valence-corrected chi connectivity index (χ0v) is 7.71. The first-order chi connectivity index (χ1) is 5.06. The molecule has 0 fully saturated rings. The summed E-state index contributed by atoms with van der Waals surface area (Å²) in [6, 6.07) is 0. The summed E-state index contributed by atoms with van der Waals surface area (Å²) in [4.78, 5) is 10.4. The summed E-state index contributed by atoms with van der Waals surface area (Å²) in [5.41, 5.74) is -1.05. The molecule has 2 atom stereocenters. The maximum absolute atomic E-state index is 10.4. The van der Waals surface area contributed by atoms with Crippen molar-refractivity contribution in [1.29, 1.82) is 0 Å². The number of aliphatic hydroxyl groups is 1. The first kappa shape index (κ1) is 8.68. The van der Waals surface area contributed by atoms with E-state index in [1.54, 1.807) is 25.2 Å². The highest BCUT2D eigenvalue weighted by Gasteiger charge is 2.29. The third kappa shape index (κ3) is 1.79. The van der Waals surface area contributed by atoms with Crippen molar-refractivity contribution in [3.05, 3.63) is 22.7 Å². The minimum Gasteiger partial charge on any atom is -0.385 e. The fourth-order valence-electron chi connectivity index (χ4n) is 0.997. The van der Waals surface area contributed by atoms with Crippen LogP contribution < -0.4 is 0 Å². The summed E-state index contributed by atoms with van der Waals surface area (Å²) in [6.45, 7) is 1.61. The molecule has 0 amide bonds. The number of carbonyl (C=O) groups excluding carboxylic acids is 1. The quantitative estimate of drug-likeness (QED) is 0.674. The third-order valence-corrected chi connectivity index (χ3v) is 2.21. The van der Waals surface area contributed by atoms with E-state index >= 15 is 0 Å². The molecule has 0 heterocycles. The Hall–Kier alpha value is -0.410. The Balaban J connectivity index is 2.92. The lowest BCUT2D eigenvalue weighted by atomic mass is 9.87. The first-order valence-corrected chi connectivity index (χ1v) is 4.10. The number of hydrogen-bond donors (Lipinski definition) is 1. The molecule has 3 heteroatoms. The van der Waals surface area contributed by atoms with Gasteiger partial charge in [-0.2, -0.15) is 0 Å². The summed E-state index contributed by atoms with van der Waals surface area (Å²) in [5, 5.41) is 9.62. The number of rotatable bonds is 1. The number of aldehydes is 1. The predicted molar refractivity (Wildman–Crippen MR) is 46.3 cm³/mol. The Bertz CT molecular complexity index is 228. The predicted octanol–water partition coefficient (Wildman–Crippen LogP) is 1.40. The van der Waals surface area contributed by atoms with Crippen LogP contribution >= 0.6 is 15.9 Å². The van der Waals surface area contributed by atoms with E-state index in [1.807, 2.05) is 0 Å². The highest BCUT2D eigenvalue weighted by atomic mass is 79.9. The second-order valence-electron chi connectivity index (χ2n) is 2.78. The molecule has 2 nitrogen and oxygen atoms in total. The first-order valence-electron chi connectivity index (χ1n) is 3.30. The van der Waals surface area contributed by atoms with Crippen molar-refractivity contribution in [1.82, 2.24) is 0 Å². The highest BCUT2D eigenvalue weighted by Crippen LogP contribution is 2.27. The Labute approximate surface area is 73.7 Å². The van der Waals surface area contributed by atoms with Gasteiger partial charge in [-0.15, -0.1) is 0 Å². The van der Waals surface area contributed by atoms with E-state index in [0.29, 0.717) is 0 Å². The van der Waals surface area contributed by atoms with E-state index in [9.17, 15) is 9.90 Å². The number of halogens is 1. The smallest absolute Gasteiger partial charge is 0.130 e. The van der Waals surface area contributed by atoms with E-state index in [2.05, 4.69) is 15.9 Å². The Morgan fingerprint density at radius 1 is 1.82 bits per heavy atom. The molecule has 60 valence electrons. The molecule has 0 aliphatic heterocycles. The van der Waals surface area contributed by atoms with Crippen molar-refractivity contribution in [2.45, 2.75) is 12.5 Å². The van der Waals surface area contributed by atoms with Crippen LogP contribution in [0.2, 0.25) is 0 Å². The Morgan fingerprint density at radius 3 is 2.91 bits per heavy atom. The molecule has 2 unspecified atom stereocenters. The van der Waals surface area contributed by atoms with Gasteiger partial charge in [0.05, 0.1) is 11.5 Å². The van der Waals surface area contributed by atoms with Gasteiger partial charge in [-0.05, 0) is 13.0 Å². The Kier molecular flexibility index (Phi) is 2.30. The van der Waals surface area contributed by atoms with E-state index < -0.39 is 11.5 Å². The Morgan fingerprint density at radius 2 is 2.45 bits per heavy atom. The summed E-state index contributed by atoms with van der Waals surface area (Å²) in [5.74, 6) is -0.427. The van der Waals surface area contributed by atoms with Crippen LogP contribution in [-0.2, 0) is 4.79 Å². The summed E-state index contributed by atoms with van der Waals surface area (Å²) < 4.78 is 0.806. The standard InChI is InChI=1S/C8H9BrO2/c1-8(11)4-7(9)3-2-6(8)5-10/h2-6,11H,1H3. The fraction of sp³-hybridized carbons (Fsp3) is 0.375. The lowest BCUT2D eigenvalue weighted by Crippen LogP contribution is -2.33. The van der Waals surface area contributed by atoms with Gasteiger partial charge in [0.1, 0.15) is 6.29 Å². The second kappa shape index (κ2) is 2.91. The molecule has 1 N–H and O–H groups in total. The molecule has 0 saturated heterocycles. The molecule has 1 aliphatic carbocycles. The van der Waals surface area contributed by atoms with Gasteiger partial charge in [0.25, 0.3) is 0 Å². The van der Waals surface area contributed by atoms with Gasteiger partial charge < -0.3 is 9.90 Å². The van der Waals surface area contributed by atoms with Gasteiger partial charge in [0.2, 0.25) is 0 Å².